The largest absolute Gasteiger partial charge is 0.329 e. The van der Waals surface area contributed by atoms with Gasteiger partial charge in [-0.3, -0.25) is 9.97 Å². The van der Waals surface area contributed by atoms with E-state index in [9.17, 15) is 0 Å². The number of hydrogen-bond acceptors (Lipinski definition) is 4. The summed E-state index contributed by atoms with van der Waals surface area (Å²) >= 11 is 0. The van der Waals surface area contributed by atoms with Crippen molar-refractivity contribution in [3.63, 3.8) is 0 Å². The summed E-state index contributed by atoms with van der Waals surface area (Å²) in [6.45, 7) is 0.401. The summed E-state index contributed by atoms with van der Waals surface area (Å²) in [5.74, 6) is 0. The van der Waals surface area contributed by atoms with E-state index in [0.29, 0.717) is 6.54 Å². The molecule has 4 heteroatoms. The second kappa shape index (κ2) is 3.24. The van der Waals surface area contributed by atoms with Crippen LogP contribution in [0.4, 0.5) is 0 Å². The molecule has 0 saturated carbocycles. The lowest BCUT2D eigenvalue weighted by Crippen LogP contribution is -2.21. The molecular weight excluding hydrogens is 128 g/mol. The van der Waals surface area contributed by atoms with E-state index in [0.717, 1.165) is 5.69 Å². The molecule has 0 aliphatic rings. The summed E-state index contributed by atoms with van der Waals surface area (Å²) in [4.78, 5) is 7.84. The van der Waals surface area contributed by atoms with Crippen molar-refractivity contribution >= 4 is 0 Å². The van der Waals surface area contributed by atoms with Gasteiger partial charge in [0.1, 0.15) is 0 Å². The fourth-order valence-electron chi connectivity index (χ4n) is 0.623. The molecular formula is C6H10N4. The topological polar surface area (TPSA) is 77.8 Å². The van der Waals surface area contributed by atoms with Gasteiger partial charge >= 0.3 is 0 Å². The van der Waals surface area contributed by atoms with Crippen LogP contribution < -0.4 is 11.5 Å². The van der Waals surface area contributed by atoms with Crippen molar-refractivity contribution in [2.24, 2.45) is 11.5 Å². The summed E-state index contributed by atoms with van der Waals surface area (Å²) < 4.78 is 0. The first-order valence-electron chi connectivity index (χ1n) is 3.06. The maximum absolute atomic E-state index is 5.57. The maximum Gasteiger partial charge on any atom is 0.0766 e. The summed E-state index contributed by atoms with van der Waals surface area (Å²) in [5.41, 5.74) is 11.6. The van der Waals surface area contributed by atoms with Crippen molar-refractivity contribution in [2.75, 3.05) is 6.54 Å². The van der Waals surface area contributed by atoms with E-state index in [1.54, 1.807) is 18.6 Å². The highest BCUT2D eigenvalue weighted by Gasteiger charge is 2.02. The van der Waals surface area contributed by atoms with Crippen molar-refractivity contribution in [1.82, 2.24) is 9.97 Å². The molecule has 1 aromatic heterocycles. The number of nitrogens with two attached hydrogens (primary N) is 2. The fraction of sp³-hybridized carbons (Fsp3) is 0.333. The second-order valence-corrected chi connectivity index (χ2v) is 1.97. The Morgan fingerprint density at radius 3 is 2.80 bits per heavy atom. The molecule has 0 aliphatic heterocycles. The van der Waals surface area contributed by atoms with E-state index in [2.05, 4.69) is 9.97 Å². The van der Waals surface area contributed by atoms with Gasteiger partial charge in [-0.2, -0.15) is 0 Å². The van der Waals surface area contributed by atoms with Crippen LogP contribution in [-0.4, -0.2) is 16.5 Å². The molecule has 0 bridgehead atoms. The quantitative estimate of drug-likeness (QED) is 0.574. The number of aromatic nitrogens is 2. The van der Waals surface area contributed by atoms with Crippen LogP contribution in [-0.2, 0) is 0 Å². The zero-order valence-corrected chi connectivity index (χ0v) is 5.57. The Kier molecular flexibility index (Phi) is 2.30. The first-order valence-corrected chi connectivity index (χ1v) is 3.06. The summed E-state index contributed by atoms with van der Waals surface area (Å²) in [6, 6.07) is -0.186. The van der Waals surface area contributed by atoms with Crippen LogP contribution in [0, 0.1) is 0 Å². The lowest BCUT2D eigenvalue weighted by atomic mass is 10.2. The van der Waals surface area contributed by atoms with Crippen molar-refractivity contribution in [1.29, 1.82) is 0 Å². The lowest BCUT2D eigenvalue weighted by molar-refractivity contribution is 0.705. The van der Waals surface area contributed by atoms with Gasteiger partial charge in [0.05, 0.1) is 17.9 Å². The molecule has 10 heavy (non-hydrogen) atoms. The SMILES string of the molecule is NC[C@H](N)c1cnccn1. The van der Waals surface area contributed by atoms with Gasteiger partial charge in [0.25, 0.3) is 0 Å². The van der Waals surface area contributed by atoms with E-state index in [-0.39, 0.29) is 6.04 Å². The second-order valence-electron chi connectivity index (χ2n) is 1.97. The Balaban J connectivity index is 2.75. The van der Waals surface area contributed by atoms with Crippen molar-refractivity contribution in [3.8, 4) is 0 Å². The van der Waals surface area contributed by atoms with Gasteiger partial charge < -0.3 is 11.5 Å². The minimum Gasteiger partial charge on any atom is -0.329 e. The van der Waals surface area contributed by atoms with E-state index in [1.165, 1.54) is 0 Å². The average Bonchev–Trinajstić information content (AvgIpc) is 2.05. The van der Waals surface area contributed by atoms with E-state index < -0.39 is 0 Å². The summed E-state index contributed by atoms with van der Waals surface area (Å²) in [5, 5.41) is 0. The van der Waals surface area contributed by atoms with Gasteiger partial charge in [0.2, 0.25) is 0 Å². The Labute approximate surface area is 59.3 Å². The Morgan fingerprint density at radius 1 is 1.50 bits per heavy atom. The lowest BCUT2D eigenvalue weighted by Gasteiger charge is -2.04. The van der Waals surface area contributed by atoms with Crippen LogP contribution in [0.1, 0.15) is 11.7 Å². The van der Waals surface area contributed by atoms with Gasteiger partial charge in [0, 0.05) is 18.9 Å². The average molecular weight is 138 g/mol. The maximum atomic E-state index is 5.57. The zero-order valence-electron chi connectivity index (χ0n) is 5.57. The van der Waals surface area contributed by atoms with E-state index >= 15 is 0 Å². The van der Waals surface area contributed by atoms with Crippen LogP contribution in [0.25, 0.3) is 0 Å². The Morgan fingerprint density at radius 2 is 2.30 bits per heavy atom. The fourth-order valence-corrected chi connectivity index (χ4v) is 0.623. The van der Waals surface area contributed by atoms with Crippen molar-refractivity contribution in [3.05, 3.63) is 24.3 Å². The Hall–Kier alpha value is -1.00. The molecule has 0 fully saturated rings. The third kappa shape index (κ3) is 1.49. The highest BCUT2D eigenvalue weighted by Crippen LogP contribution is 2.00. The molecule has 4 N–H and O–H groups in total. The molecule has 0 unspecified atom stereocenters. The van der Waals surface area contributed by atoms with Crippen LogP contribution in [0.15, 0.2) is 18.6 Å². The molecule has 1 aromatic rings. The van der Waals surface area contributed by atoms with Gasteiger partial charge in [-0.25, -0.2) is 0 Å². The summed E-state index contributed by atoms with van der Waals surface area (Å²) in [7, 11) is 0. The minimum absolute atomic E-state index is 0.186. The molecule has 1 rings (SSSR count). The molecule has 0 spiro atoms. The minimum atomic E-state index is -0.186. The van der Waals surface area contributed by atoms with Crippen LogP contribution >= 0.6 is 0 Å². The molecule has 0 saturated heterocycles. The van der Waals surface area contributed by atoms with Gasteiger partial charge in [0.15, 0.2) is 0 Å². The third-order valence-electron chi connectivity index (χ3n) is 1.22. The van der Waals surface area contributed by atoms with E-state index in [4.69, 9.17) is 11.5 Å². The monoisotopic (exact) mass is 138 g/mol. The van der Waals surface area contributed by atoms with Crippen molar-refractivity contribution < 1.29 is 0 Å². The molecule has 0 aromatic carbocycles. The van der Waals surface area contributed by atoms with Gasteiger partial charge in [-0.05, 0) is 0 Å². The van der Waals surface area contributed by atoms with Crippen LogP contribution in [0.3, 0.4) is 0 Å². The number of nitrogens with zero attached hydrogens (tertiary/aromatic N) is 2. The summed E-state index contributed by atoms with van der Waals surface area (Å²) in [6.07, 6.45) is 4.83. The first kappa shape index (κ1) is 7.11. The number of rotatable bonds is 2. The van der Waals surface area contributed by atoms with Crippen molar-refractivity contribution in [2.45, 2.75) is 6.04 Å². The zero-order chi connectivity index (χ0) is 7.40. The smallest absolute Gasteiger partial charge is 0.0766 e. The van der Waals surface area contributed by atoms with Crippen LogP contribution in [0.2, 0.25) is 0 Å². The molecule has 0 amide bonds. The predicted octanol–water partition coefficient (Wildman–Crippen LogP) is -0.565. The van der Waals surface area contributed by atoms with Gasteiger partial charge in [-0.15, -0.1) is 0 Å². The van der Waals surface area contributed by atoms with Crippen LogP contribution in [0.5, 0.6) is 0 Å². The normalized spacial score (nSPS) is 13.0. The van der Waals surface area contributed by atoms with Gasteiger partial charge in [-0.1, -0.05) is 0 Å². The highest BCUT2D eigenvalue weighted by molar-refractivity contribution is 5.01. The molecule has 1 heterocycles. The highest BCUT2D eigenvalue weighted by atomic mass is 14.8. The molecule has 1 atom stereocenters. The predicted molar refractivity (Wildman–Crippen MR) is 38.0 cm³/mol. The molecule has 4 nitrogen and oxygen atoms in total. The standard InChI is InChI=1S/C6H10N4/c7-3-5(8)6-4-9-1-2-10-6/h1-2,4-5H,3,7-8H2/t5-/m0/s1. The Bertz CT molecular complexity index is 186. The number of hydrogen-bond donors (Lipinski definition) is 2. The molecule has 54 valence electrons. The first-order chi connectivity index (χ1) is 4.84. The molecule has 0 aliphatic carbocycles. The third-order valence-corrected chi connectivity index (χ3v) is 1.22. The molecule has 0 radical (unpaired) electrons. The van der Waals surface area contributed by atoms with E-state index in [1.807, 2.05) is 0 Å².